The highest BCUT2D eigenvalue weighted by molar-refractivity contribution is 7.91. The van der Waals surface area contributed by atoms with E-state index >= 15 is 0 Å². The van der Waals surface area contributed by atoms with Crippen molar-refractivity contribution < 1.29 is 8.42 Å². The summed E-state index contributed by atoms with van der Waals surface area (Å²) in [6.45, 7) is 7.70. The van der Waals surface area contributed by atoms with E-state index in [9.17, 15) is 8.42 Å². The fourth-order valence-corrected chi connectivity index (χ4v) is 1.98. The monoisotopic (exact) mass is 228 g/mol. The van der Waals surface area contributed by atoms with Crippen LogP contribution in [0.3, 0.4) is 0 Å². The Labute approximate surface area is 93.3 Å². The quantitative estimate of drug-likeness (QED) is 0.796. The molecule has 0 atom stereocenters. The fourth-order valence-electron chi connectivity index (χ4n) is 1.10. The summed E-state index contributed by atoms with van der Waals surface area (Å²) in [6, 6.07) is 7.08. The minimum Gasteiger partial charge on any atom is -0.224 e. The molecule has 0 heterocycles. The molecule has 0 aliphatic heterocycles. The van der Waals surface area contributed by atoms with Gasteiger partial charge in [-0.1, -0.05) is 39.8 Å². The van der Waals surface area contributed by atoms with Crippen LogP contribution in [0.4, 0.5) is 0 Å². The van der Waals surface area contributed by atoms with E-state index in [1.54, 1.807) is 19.1 Å². The number of benzene rings is 1. The number of aryl methyl sites for hydroxylation is 1. The molecule has 1 aromatic rings. The molecule has 0 aliphatic carbocycles. The van der Waals surface area contributed by atoms with Gasteiger partial charge >= 0.3 is 0 Å². The molecule has 0 amide bonds. The molecule has 1 aromatic carbocycles. The zero-order valence-corrected chi connectivity index (χ0v) is 10.8. The van der Waals surface area contributed by atoms with Gasteiger partial charge in [-0.15, -0.1) is 0 Å². The van der Waals surface area contributed by atoms with Crippen molar-refractivity contribution in [2.75, 3.05) is 5.75 Å². The summed E-state index contributed by atoms with van der Waals surface area (Å²) in [4.78, 5) is 0.423. The number of hydrogen-bond donors (Lipinski definition) is 0. The van der Waals surface area contributed by atoms with E-state index in [0.29, 0.717) is 4.90 Å². The Morgan fingerprint density at radius 3 is 1.80 bits per heavy atom. The maximum atomic E-state index is 11.4. The van der Waals surface area contributed by atoms with Crippen molar-refractivity contribution >= 4 is 9.84 Å². The first-order chi connectivity index (χ1) is 7.10. The van der Waals surface area contributed by atoms with E-state index in [2.05, 4.69) is 0 Å². The molecule has 0 saturated heterocycles. The van der Waals surface area contributed by atoms with Gasteiger partial charge < -0.3 is 0 Å². The topological polar surface area (TPSA) is 34.1 Å². The molecule has 0 saturated carbocycles. The van der Waals surface area contributed by atoms with Crippen LogP contribution in [0.25, 0.3) is 0 Å². The molecule has 3 heteroatoms. The Kier molecular flexibility index (Phi) is 6.25. The molecule has 86 valence electrons. The van der Waals surface area contributed by atoms with Gasteiger partial charge in [0.2, 0.25) is 0 Å². The van der Waals surface area contributed by atoms with Crippen molar-refractivity contribution in [1.82, 2.24) is 0 Å². The van der Waals surface area contributed by atoms with Crippen molar-refractivity contribution in [3.8, 4) is 0 Å². The lowest BCUT2D eigenvalue weighted by Crippen LogP contribution is -2.03. The zero-order valence-electron chi connectivity index (χ0n) is 9.95. The van der Waals surface area contributed by atoms with Gasteiger partial charge in [0.05, 0.1) is 10.6 Å². The molecule has 0 bridgehead atoms. The number of rotatable bonds is 3. The highest BCUT2D eigenvalue weighted by Crippen LogP contribution is 2.12. The summed E-state index contributed by atoms with van der Waals surface area (Å²) in [5.41, 5.74) is 1.16. The molecule has 0 aromatic heterocycles. The van der Waals surface area contributed by atoms with Crippen LogP contribution in [-0.4, -0.2) is 14.2 Å². The molecule has 0 fully saturated rings. The molecule has 2 nitrogen and oxygen atoms in total. The molecule has 0 unspecified atom stereocenters. The van der Waals surface area contributed by atoms with E-state index in [1.165, 1.54) is 0 Å². The average Bonchev–Trinajstić information content (AvgIpc) is 2.32. The van der Waals surface area contributed by atoms with Crippen LogP contribution in [0.1, 0.15) is 33.3 Å². The molecule has 1 rings (SSSR count). The molecule has 0 spiro atoms. The van der Waals surface area contributed by atoms with Gasteiger partial charge in [-0.3, -0.25) is 0 Å². The first-order valence-electron chi connectivity index (χ1n) is 5.42. The van der Waals surface area contributed by atoms with Gasteiger partial charge in [0.25, 0.3) is 0 Å². The van der Waals surface area contributed by atoms with Crippen molar-refractivity contribution in [3.05, 3.63) is 29.8 Å². The number of hydrogen-bond acceptors (Lipinski definition) is 2. The standard InChI is InChI=1S/C10H14O2S.C2H6/c1-3-9-5-7-10(8-6-9)13(11,12)4-2;1-2/h5-8H,3-4H2,1-2H3;1-2H3. The van der Waals surface area contributed by atoms with Gasteiger partial charge in [-0.2, -0.15) is 0 Å². The smallest absolute Gasteiger partial charge is 0.178 e. The van der Waals surface area contributed by atoms with Crippen molar-refractivity contribution in [3.63, 3.8) is 0 Å². The summed E-state index contributed by atoms with van der Waals surface area (Å²) >= 11 is 0. The highest BCUT2D eigenvalue weighted by Gasteiger charge is 2.09. The van der Waals surface area contributed by atoms with E-state index in [4.69, 9.17) is 0 Å². The maximum absolute atomic E-state index is 11.4. The summed E-state index contributed by atoms with van der Waals surface area (Å²) in [5, 5.41) is 0. The third-order valence-electron chi connectivity index (χ3n) is 2.07. The first-order valence-corrected chi connectivity index (χ1v) is 7.07. The van der Waals surface area contributed by atoms with Crippen LogP contribution < -0.4 is 0 Å². The van der Waals surface area contributed by atoms with Crippen molar-refractivity contribution in [1.29, 1.82) is 0 Å². The lowest BCUT2D eigenvalue weighted by molar-refractivity contribution is 0.597. The zero-order chi connectivity index (χ0) is 11.9. The second kappa shape index (κ2) is 6.62. The first kappa shape index (κ1) is 14.2. The van der Waals surface area contributed by atoms with Crippen LogP contribution in [0.2, 0.25) is 0 Å². The molecule has 0 N–H and O–H groups in total. The van der Waals surface area contributed by atoms with Gasteiger partial charge in [-0.05, 0) is 24.1 Å². The van der Waals surface area contributed by atoms with Gasteiger partial charge in [0.1, 0.15) is 0 Å². The SMILES string of the molecule is CC.CCc1ccc(S(=O)(=O)CC)cc1. The summed E-state index contributed by atoms with van der Waals surface area (Å²) < 4.78 is 22.8. The van der Waals surface area contributed by atoms with Crippen molar-refractivity contribution in [2.45, 2.75) is 39.0 Å². The van der Waals surface area contributed by atoms with Crippen LogP contribution in [-0.2, 0) is 16.3 Å². The Morgan fingerprint density at radius 2 is 1.47 bits per heavy atom. The third-order valence-corrected chi connectivity index (χ3v) is 3.82. The predicted octanol–water partition coefficient (Wildman–Crippen LogP) is 3.07. The van der Waals surface area contributed by atoms with Gasteiger partial charge in [0, 0.05) is 0 Å². The second-order valence-electron chi connectivity index (χ2n) is 2.90. The Balaban J connectivity index is 0.000000921. The predicted molar refractivity (Wildman–Crippen MR) is 64.9 cm³/mol. The Hall–Kier alpha value is -0.830. The van der Waals surface area contributed by atoms with Crippen LogP contribution in [0, 0.1) is 0 Å². The highest BCUT2D eigenvalue weighted by atomic mass is 32.2. The molecular weight excluding hydrogens is 208 g/mol. The summed E-state index contributed by atoms with van der Waals surface area (Å²) in [7, 11) is -3.02. The maximum Gasteiger partial charge on any atom is 0.178 e. The summed E-state index contributed by atoms with van der Waals surface area (Å²) in [5.74, 6) is 0.165. The minimum atomic E-state index is -3.02. The lowest BCUT2D eigenvalue weighted by atomic mass is 10.2. The van der Waals surface area contributed by atoms with Crippen LogP contribution in [0.15, 0.2) is 29.2 Å². The average molecular weight is 228 g/mol. The van der Waals surface area contributed by atoms with E-state index in [-0.39, 0.29) is 5.75 Å². The number of sulfone groups is 1. The van der Waals surface area contributed by atoms with Crippen LogP contribution in [0.5, 0.6) is 0 Å². The van der Waals surface area contributed by atoms with Gasteiger partial charge in [0.15, 0.2) is 9.84 Å². The minimum absolute atomic E-state index is 0.165. The molecule has 0 radical (unpaired) electrons. The summed E-state index contributed by atoms with van der Waals surface area (Å²) in [6.07, 6.45) is 0.937. The second-order valence-corrected chi connectivity index (χ2v) is 5.18. The Morgan fingerprint density at radius 1 is 1.00 bits per heavy atom. The fraction of sp³-hybridized carbons (Fsp3) is 0.500. The molecular formula is C12H20O2S. The molecule has 15 heavy (non-hydrogen) atoms. The Bertz CT molecular complexity index is 363. The molecule has 0 aliphatic rings. The van der Waals surface area contributed by atoms with E-state index in [0.717, 1.165) is 12.0 Å². The lowest BCUT2D eigenvalue weighted by Gasteiger charge is -2.01. The van der Waals surface area contributed by atoms with E-state index in [1.807, 2.05) is 32.9 Å². The largest absolute Gasteiger partial charge is 0.224 e. The third kappa shape index (κ3) is 4.04. The van der Waals surface area contributed by atoms with E-state index < -0.39 is 9.84 Å². The van der Waals surface area contributed by atoms with Gasteiger partial charge in [-0.25, -0.2) is 8.42 Å². The normalized spacial score (nSPS) is 10.4. The van der Waals surface area contributed by atoms with Crippen LogP contribution >= 0.6 is 0 Å². The van der Waals surface area contributed by atoms with Crippen molar-refractivity contribution in [2.24, 2.45) is 0 Å².